The van der Waals surface area contributed by atoms with Gasteiger partial charge in [0.05, 0.1) is 0 Å². The Kier molecular flexibility index (Phi) is 4.70. The van der Waals surface area contributed by atoms with Gasteiger partial charge in [-0.15, -0.1) is 0 Å². The van der Waals surface area contributed by atoms with Gasteiger partial charge in [-0.1, -0.05) is 6.07 Å². The molecule has 0 bridgehead atoms. The van der Waals surface area contributed by atoms with Gasteiger partial charge in [0.1, 0.15) is 17.2 Å². The highest BCUT2D eigenvalue weighted by molar-refractivity contribution is 5.95. The molecule has 1 aliphatic rings. The van der Waals surface area contributed by atoms with Crippen molar-refractivity contribution < 1.29 is 18.7 Å². The van der Waals surface area contributed by atoms with Crippen LogP contribution in [0.25, 0.3) is 0 Å². The summed E-state index contributed by atoms with van der Waals surface area (Å²) in [6, 6.07) is 2.42. The Hall–Kier alpha value is -1.49. The Balaban J connectivity index is 2.25. The number of hydrogen-bond donors (Lipinski definition) is 1. The number of likely N-dealkylation sites (tertiary alicyclic amines) is 1. The van der Waals surface area contributed by atoms with Crippen LogP contribution < -0.4 is 0 Å². The van der Waals surface area contributed by atoms with Gasteiger partial charge in [-0.05, 0) is 44.2 Å². The molecule has 1 amide bonds. The normalized spacial score (nSPS) is 18.6. The number of benzene rings is 1. The monoisotopic (exact) mass is 283 g/mol. The smallest absolute Gasteiger partial charge is 0.260 e. The van der Waals surface area contributed by atoms with Crippen LogP contribution in [0.15, 0.2) is 12.1 Å². The third kappa shape index (κ3) is 2.82. The third-order valence-electron chi connectivity index (χ3n) is 3.83. The summed E-state index contributed by atoms with van der Waals surface area (Å²) in [5.74, 6) is -2.17. The van der Waals surface area contributed by atoms with Gasteiger partial charge in [0, 0.05) is 19.2 Å². The maximum absolute atomic E-state index is 14.0. The summed E-state index contributed by atoms with van der Waals surface area (Å²) >= 11 is 0. The molecule has 0 spiro atoms. The molecule has 0 radical (unpaired) electrons. The fourth-order valence-corrected chi connectivity index (χ4v) is 2.73. The molecule has 0 aliphatic carbocycles. The molecule has 2 rings (SSSR count). The van der Waals surface area contributed by atoms with E-state index < -0.39 is 23.1 Å². The molecule has 1 atom stereocenters. The molecule has 0 aromatic heterocycles. The van der Waals surface area contributed by atoms with Crippen molar-refractivity contribution >= 4 is 5.91 Å². The number of carbonyl (C=O) groups excluding carboxylic acids is 1. The Bertz CT molecular complexity index is 505. The molecule has 1 N–H and O–H groups in total. The van der Waals surface area contributed by atoms with Gasteiger partial charge >= 0.3 is 0 Å². The highest BCUT2D eigenvalue weighted by atomic mass is 19.1. The number of aliphatic hydroxyl groups is 1. The lowest BCUT2D eigenvalue weighted by Gasteiger charge is -2.25. The lowest BCUT2D eigenvalue weighted by Crippen LogP contribution is -2.36. The first kappa shape index (κ1) is 14.9. The van der Waals surface area contributed by atoms with Crippen LogP contribution in [0.5, 0.6) is 0 Å². The van der Waals surface area contributed by atoms with Crippen LogP contribution in [0.1, 0.15) is 41.6 Å². The Morgan fingerprint density at radius 1 is 1.45 bits per heavy atom. The van der Waals surface area contributed by atoms with Crippen LogP contribution in [0, 0.1) is 18.6 Å². The summed E-state index contributed by atoms with van der Waals surface area (Å²) in [7, 11) is 0. The summed E-state index contributed by atoms with van der Waals surface area (Å²) in [5, 5.41) is 8.87. The second kappa shape index (κ2) is 6.31. The highest BCUT2D eigenvalue weighted by Crippen LogP contribution is 2.26. The van der Waals surface area contributed by atoms with Crippen molar-refractivity contribution in [3.05, 3.63) is 34.9 Å². The minimum atomic E-state index is -0.814. The summed E-state index contributed by atoms with van der Waals surface area (Å²) < 4.78 is 27.8. The molecule has 3 nitrogen and oxygen atoms in total. The molecular weight excluding hydrogens is 264 g/mol. The van der Waals surface area contributed by atoms with Crippen LogP contribution in [0.4, 0.5) is 8.78 Å². The van der Waals surface area contributed by atoms with Gasteiger partial charge in [-0.25, -0.2) is 8.78 Å². The highest BCUT2D eigenvalue weighted by Gasteiger charge is 2.32. The van der Waals surface area contributed by atoms with Crippen molar-refractivity contribution in [3.63, 3.8) is 0 Å². The van der Waals surface area contributed by atoms with Crippen LogP contribution in [-0.4, -0.2) is 35.1 Å². The number of nitrogens with zero attached hydrogens (tertiary/aromatic N) is 1. The van der Waals surface area contributed by atoms with Crippen LogP contribution >= 0.6 is 0 Å². The molecule has 1 aliphatic heterocycles. The van der Waals surface area contributed by atoms with Crippen molar-refractivity contribution in [3.8, 4) is 0 Å². The zero-order valence-corrected chi connectivity index (χ0v) is 11.5. The van der Waals surface area contributed by atoms with E-state index in [9.17, 15) is 13.6 Å². The Morgan fingerprint density at radius 3 is 2.90 bits per heavy atom. The zero-order chi connectivity index (χ0) is 14.7. The molecule has 1 aromatic rings. The van der Waals surface area contributed by atoms with Crippen LogP contribution in [0.3, 0.4) is 0 Å². The van der Waals surface area contributed by atoms with Gasteiger partial charge < -0.3 is 10.0 Å². The van der Waals surface area contributed by atoms with Gasteiger partial charge in [0.2, 0.25) is 0 Å². The standard InChI is InChI=1S/C15H19F2NO2/c1-10-6-7-12(16)13(14(10)17)15(20)18-8-2-4-11(18)5-3-9-19/h6-7,11,19H,2-5,8-9H2,1H3. The quantitative estimate of drug-likeness (QED) is 0.923. The lowest BCUT2D eigenvalue weighted by atomic mass is 10.1. The molecule has 1 aromatic carbocycles. The van der Waals surface area contributed by atoms with Crippen molar-refractivity contribution in [2.45, 2.75) is 38.6 Å². The van der Waals surface area contributed by atoms with E-state index in [1.165, 1.54) is 17.9 Å². The number of aliphatic hydroxyl groups excluding tert-OH is 1. The van der Waals surface area contributed by atoms with E-state index in [0.717, 1.165) is 18.9 Å². The number of hydrogen-bond acceptors (Lipinski definition) is 2. The maximum Gasteiger partial charge on any atom is 0.260 e. The molecule has 20 heavy (non-hydrogen) atoms. The first-order valence-electron chi connectivity index (χ1n) is 6.92. The molecular formula is C15H19F2NO2. The van der Waals surface area contributed by atoms with Crippen LogP contribution in [0.2, 0.25) is 0 Å². The number of carbonyl (C=O) groups is 1. The topological polar surface area (TPSA) is 40.5 Å². The predicted octanol–water partition coefficient (Wildman–Crippen LogP) is 2.65. The number of rotatable bonds is 4. The molecule has 110 valence electrons. The average molecular weight is 283 g/mol. The first-order valence-corrected chi connectivity index (χ1v) is 6.92. The summed E-state index contributed by atoms with van der Waals surface area (Å²) in [6.45, 7) is 2.09. The molecule has 1 fully saturated rings. The van der Waals surface area contributed by atoms with E-state index in [-0.39, 0.29) is 18.2 Å². The Morgan fingerprint density at radius 2 is 2.20 bits per heavy atom. The second-order valence-electron chi connectivity index (χ2n) is 5.21. The van der Waals surface area contributed by atoms with Crippen molar-refractivity contribution in [1.29, 1.82) is 0 Å². The van der Waals surface area contributed by atoms with Gasteiger partial charge in [-0.3, -0.25) is 4.79 Å². The van der Waals surface area contributed by atoms with E-state index in [1.807, 2.05) is 0 Å². The van der Waals surface area contributed by atoms with E-state index in [2.05, 4.69) is 0 Å². The summed E-state index contributed by atoms with van der Waals surface area (Å²) in [5.41, 5.74) is -0.193. The first-order chi connectivity index (χ1) is 9.56. The minimum Gasteiger partial charge on any atom is -0.396 e. The summed E-state index contributed by atoms with van der Waals surface area (Å²) in [4.78, 5) is 13.9. The number of amides is 1. The Labute approximate surface area is 117 Å². The molecule has 0 saturated carbocycles. The molecule has 1 unspecified atom stereocenters. The maximum atomic E-state index is 14.0. The van der Waals surface area contributed by atoms with Crippen LogP contribution in [-0.2, 0) is 0 Å². The van der Waals surface area contributed by atoms with E-state index in [1.54, 1.807) is 0 Å². The fourth-order valence-electron chi connectivity index (χ4n) is 2.73. The third-order valence-corrected chi connectivity index (χ3v) is 3.83. The lowest BCUT2D eigenvalue weighted by molar-refractivity contribution is 0.0714. The van der Waals surface area contributed by atoms with Crippen molar-refractivity contribution in [1.82, 2.24) is 4.90 Å². The van der Waals surface area contributed by atoms with E-state index >= 15 is 0 Å². The summed E-state index contributed by atoms with van der Waals surface area (Å²) in [6.07, 6.45) is 2.90. The van der Waals surface area contributed by atoms with Gasteiger partial charge in [0.25, 0.3) is 5.91 Å². The molecule has 5 heteroatoms. The number of aryl methyl sites for hydroxylation is 1. The number of halogens is 2. The van der Waals surface area contributed by atoms with Crippen molar-refractivity contribution in [2.75, 3.05) is 13.2 Å². The predicted molar refractivity (Wildman–Crippen MR) is 71.5 cm³/mol. The molecule has 1 heterocycles. The average Bonchev–Trinajstić information content (AvgIpc) is 2.89. The van der Waals surface area contributed by atoms with Gasteiger partial charge in [0.15, 0.2) is 0 Å². The fraction of sp³-hybridized carbons (Fsp3) is 0.533. The largest absolute Gasteiger partial charge is 0.396 e. The SMILES string of the molecule is Cc1ccc(F)c(C(=O)N2CCCC2CCCO)c1F. The van der Waals surface area contributed by atoms with Crippen molar-refractivity contribution in [2.24, 2.45) is 0 Å². The van der Waals surface area contributed by atoms with E-state index in [0.29, 0.717) is 19.4 Å². The van der Waals surface area contributed by atoms with Gasteiger partial charge in [-0.2, -0.15) is 0 Å². The van der Waals surface area contributed by atoms with E-state index in [4.69, 9.17) is 5.11 Å². The second-order valence-corrected chi connectivity index (χ2v) is 5.21. The zero-order valence-electron chi connectivity index (χ0n) is 11.5. The minimum absolute atomic E-state index is 0.0334. The molecule has 1 saturated heterocycles.